The van der Waals surface area contributed by atoms with Crippen LogP contribution in [-0.4, -0.2) is 23.2 Å². The fraction of sp³-hybridized carbons (Fsp3) is 0.118. The average Bonchev–Trinajstić information content (AvgIpc) is 2.85. The van der Waals surface area contributed by atoms with Gasteiger partial charge in [0.25, 0.3) is 0 Å². The maximum Gasteiger partial charge on any atom is 0.238 e. The molecule has 0 saturated carbocycles. The van der Waals surface area contributed by atoms with E-state index < -0.39 is 10.0 Å². The number of primary sulfonamides is 1. The molecule has 2 aromatic carbocycles. The number of aromatic hydroxyl groups is 1. The van der Waals surface area contributed by atoms with E-state index in [1.54, 1.807) is 11.6 Å². The first kappa shape index (κ1) is 19.0. The number of anilines is 1. The van der Waals surface area contributed by atoms with Gasteiger partial charge in [0.05, 0.1) is 10.4 Å². The molecule has 0 bridgehead atoms. The van der Waals surface area contributed by atoms with Crippen LogP contribution in [0.15, 0.2) is 57.6 Å². The molecule has 1 heterocycles. The van der Waals surface area contributed by atoms with Crippen molar-refractivity contribution < 1.29 is 13.5 Å². The topological polar surface area (TPSA) is 122 Å². The molecule has 140 valence electrons. The number of benzene rings is 2. The van der Waals surface area contributed by atoms with Crippen molar-refractivity contribution in [3.63, 3.8) is 0 Å². The van der Waals surface area contributed by atoms with Gasteiger partial charge in [0, 0.05) is 18.1 Å². The summed E-state index contributed by atoms with van der Waals surface area (Å²) >= 11 is 5.14. The molecular formula is C17H17N5O3S2. The molecule has 3 rings (SSSR count). The minimum absolute atomic E-state index is 0.00311. The van der Waals surface area contributed by atoms with E-state index >= 15 is 0 Å². The van der Waals surface area contributed by atoms with Crippen LogP contribution in [0.4, 0.5) is 11.4 Å². The van der Waals surface area contributed by atoms with Gasteiger partial charge in [0.2, 0.25) is 21.0 Å². The Bertz CT molecular complexity index is 1170. The number of fused-ring (bicyclic) bond motifs is 1. The Kier molecular flexibility index (Phi) is 4.96. The minimum atomic E-state index is -3.75. The highest BCUT2D eigenvalue weighted by molar-refractivity contribution is 7.89. The van der Waals surface area contributed by atoms with Gasteiger partial charge in [0.1, 0.15) is 0 Å². The normalized spacial score (nSPS) is 12.0. The molecule has 1 aromatic heterocycles. The van der Waals surface area contributed by atoms with Crippen molar-refractivity contribution in [2.24, 2.45) is 22.4 Å². The number of aromatic nitrogens is 1. The van der Waals surface area contributed by atoms with Crippen molar-refractivity contribution in [3.8, 4) is 5.88 Å². The van der Waals surface area contributed by atoms with Gasteiger partial charge in [-0.05, 0) is 49.0 Å². The number of thiocarbonyl (C=S) groups is 1. The number of hydrogen-bond acceptors (Lipinski definition) is 5. The molecule has 27 heavy (non-hydrogen) atoms. The fourth-order valence-electron chi connectivity index (χ4n) is 2.75. The van der Waals surface area contributed by atoms with Crippen molar-refractivity contribution in [1.82, 2.24) is 4.57 Å². The summed E-state index contributed by atoms with van der Waals surface area (Å²) in [5.41, 5.74) is 2.72. The van der Waals surface area contributed by atoms with Crippen LogP contribution in [0.2, 0.25) is 0 Å². The lowest BCUT2D eigenvalue weighted by atomic mass is 10.1. The van der Waals surface area contributed by atoms with Crippen LogP contribution >= 0.6 is 12.2 Å². The third kappa shape index (κ3) is 3.82. The van der Waals surface area contributed by atoms with Gasteiger partial charge >= 0.3 is 0 Å². The van der Waals surface area contributed by atoms with Gasteiger partial charge in [-0.2, -0.15) is 0 Å². The van der Waals surface area contributed by atoms with E-state index in [0.717, 1.165) is 16.5 Å². The van der Waals surface area contributed by atoms with Crippen LogP contribution < -0.4 is 10.5 Å². The second-order valence-electron chi connectivity index (χ2n) is 5.90. The zero-order chi connectivity index (χ0) is 19.8. The highest BCUT2D eigenvalue weighted by atomic mass is 32.2. The summed E-state index contributed by atoms with van der Waals surface area (Å²) in [6.07, 6.45) is 0. The Balaban J connectivity index is 1.83. The molecular weight excluding hydrogens is 386 g/mol. The number of hydrogen-bond donors (Lipinski definition) is 3. The first-order chi connectivity index (χ1) is 12.7. The first-order valence-corrected chi connectivity index (χ1v) is 9.76. The Morgan fingerprint density at radius 3 is 2.52 bits per heavy atom. The molecule has 0 aliphatic rings. The molecule has 4 N–H and O–H groups in total. The summed E-state index contributed by atoms with van der Waals surface area (Å²) in [5.74, 6) is -0.0108. The van der Waals surface area contributed by atoms with Crippen molar-refractivity contribution in [1.29, 1.82) is 0 Å². The number of nitrogens with one attached hydrogen (secondary N) is 1. The molecule has 0 atom stereocenters. The van der Waals surface area contributed by atoms with E-state index in [0.29, 0.717) is 11.4 Å². The van der Waals surface area contributed by atoms with Gasteiger partial charge in [-0.3, -0.25) is 0 Å². The number of aryl methyl sites for hydroxylation is 2. The van der Waals surface area contributed by atoms with E-state index in [1.165, 1.54) is 24.3 Å². The van der Waals surface area contributed by atoms with Gasteiger partial charge in [0.15, 0.2) is 5.69 Å². The van der Waals surface area contributed by atoms with Crippen molar-refractivity contribution in [3.05, 3.63) is 48.0 Å². The second kappa shape index (κ2) is 7.06. The fourth-order valence-corrected chi connectivity index (χ4v) is 3.43. The largest absolute Gasteiger partial charge is 0.493 e. The van der Waals surface area contributed by atoms with Crippen molar-refractivity contribution in [2.45, 2.75) is 11.8 Å². The van der Waals surface area contributed by atoms with Crippen molar-refractivity contribution >= 4 is 49.6 Å². The zero-order valence-electron chi connectivity index (χ0n) is 14.5. The second-order valence-corrected chi connectivity index (χ2v) is 7.85. The van der Waals surface area contributed by atoms with Crippen LogP contribution in [0, 0.1) is 6.92 Å². The Morgan fingerprint density at radius 2 is 1.89 bits per heavy atom. The smallest absolute Gasteiger partial charge is 0.238 e. The molecule has 0 unspecified atom stereocenters. The third-order valence-electron chi connectivity index (χ3n) is 4.03. The highest BCUT2D eigenvalue weighted by Gasteiger charge is 2.15. The van der Waals surface area contributed by atoms with Crippen LogP contribution in [0.5, 0.6) is 5.88 Å². The number of sulfonamides is 1. The van der Waals surface area contributed by atoms with E-state index in [4.69, 9.17) is 17.4 Å². The van der Waals surface area contributed by atoms with Crippen LogP contribution in [0.3, 0.4) is 0 Å². The van der Waals surface area contributed by atoms with E-state index in [1.807, 2.05) is 25.1 Å². The maximum absolute atomic E-state index is 11.3. The summed E-state index contributed by atoms with van der Waals surface area (Å²) in [4.78, 5) is -0.00311. The average molecular weight is 403 g/mol. The molecule has 0 saturated heterocycles. The molecule has 8 nitrogen and oxygen atoms in total. The lowest BCUT2D eigenvalue weighted by Gasteiger charge is -2.04. The number of azo groups is 1. The molecule has 0 aliphatic carbocycles. The lowest BCUT2D eigenvalue weighted by molar-refractivity contribution is 0.436. The summed E-state index contributed by atoms with van der Waals surface area (Å²) in [5, 5.41) is 27.1. The van der Waals surface area contributed by atoms with E-state index in [-0.39, 0.29) is 15.9 Å². The number of nitrogens with zero attached hydrogens (tertiary/aromatic N) is 3. The minimum Gasteiger partial charge on any atom is -0.493 e. The first-order valence-electron chi connectivity index (χ1n) is 7.81. The molecule has 10 heteroatoms. The van der Waals surface area contributed by atoms with Crippen LogP contribution in [0.1, 0.15) is 5.56 Å². The number of para-hydroxylation sites is 1. The highest BCUT2D eigenvalue weighted by Crippen LogP contribution is 2.39. The summed E-state index contributed by atoms with van der Waals surface area (Å²) in [6.45, 7) is 1.94. The lowest BCUT2D eigenvalue weighted by Crippen LogP contribution is -2.12. The molecule has 0 amide bonds. The van der Waals surface area contributed by atoms with Gasteiger partial charge in [-0.15, -0.1) is 10.2 Å². The predicted octanol–water partition coefficient (Wildman–Crippen LogP) is 3.32. The Labute approximate surface area is 161 Å². The molecule has 0 fully saturated rings. The van der Waals surface area contributed by atoms with Crippen molar-refractivity contribution in [2.75, 3.05) is 5.32 Å². The third-order valence-corrected chi connectivity index (χ3v) is 5.15. The SMILES string of the molecule is Cc1cccc2c(N=NC(=S)Nc3ccc(S(N)(=O)=O)cc3)c(O)n(C)c12. The van der Waals surface area contributed by atoms with Gasteiger partial charge in [-0.1, -0.05) is 18.2 Å². The Hall–Kier alpha value is -2.82. The zero-order valence-corrected chi connectivity index (χ0v) is 16.2. The monoisotopic (exact) mass is 403 g/mol. The molecule has 0 aliphatic heterocycles. The predicted molar refractivity (Wildman–Crippen MR) is 108 cm³/mol. The van der Waals surface area contributed by atoms with Gasteiger partial charge < -0.3 is 15.0 Å². The van der Waals surface area contributed by atoms with Crippen LogP contribution in [0.25, 0.3) is 10.9 Å². The Morgan fingerprint density at radius 1 is 1.22 bits per heavy atom. The van der Waals surface area contributed by atoms with E-state index in [2.05, 4.69) is 15.5 Å². The van der Waals surface area contributed by atoms with Crippen LogP contribution in [-0.2, 0) is 17.1 Å². The summed E-state index contributed by atoms with van der Waals surface area (Å²) in [7, 11) is -2.01. The van der Waals surface area contributed by atoms with Gasteiger partial charge in [-0.25, -0.2) is 13.6 Å². The molecule has 0 radical (unpaired) electrons. The molecule has 3 aromatic rings. The van der Waals surface area contributed by atoms with E-state index in [9.17, 15) is 13.5 Å². The quantitative estimate of drug-likeness (QED) is 0.457. The maximum atomic E-state index is 11.3. The number of nitrogens with two attached hydrogens (primary N) is 1. The number of rotatable bonds is 3. The standard InChI is InChI=1S/C17H17N5O3S2/c1-10-4-3-5-13-14(16(23)22(2)15(10)13)20-21-17(26)19-11-6-8-12(9-7-11)27(18,24)25/h3-9,23H,1-2H3,(H,19,26)(H2,18,24,25). The molecule has 0 spiro atoms. The summed E-state index contributed by atoms with van der Waals surface area (Å²) in [6, 6.07) is 11.4. The summed E-state index contributed by atoms with van der Waals surface area (Å²) < 4.78 is 24.2.